The summed E-state index contributed by atoms with van der Waals surface area (Å²) in [6.07, 6.45) is 2.14. The van der Waals surface area contributed by atoms with Gasteiger partial charge in [-0.3, -0.25) is 9.59 Å². The molecule has 0 heterocycles. The van der Waals surface area contributed by atoms with Crippen LogP contribution < -0.4 is 10.6 Å². The molecule has 0 atom stereocenters. The van der Waals surface area contributed by atoms with Crippen LogP contribution in [0.1, 0.15) is 39.9 Å². The van der Waals surface area contributed by atoms with Gasteiger partial charge in [0.25, 0.3) is 5.91 Å². The Morgan fingerprint density at radius 1 is 0.962 bits per heavy atom. The predicted octanol–water partition coefficient (Wildman–Crippen LogP) is 3.93. The Morgan fingerprint density at radius 3 is 2.38 bits per heavy atom. The van der Waals surface area contributed by atoms with Crippen LogP contribution in [0.2, 0.25) is 0 Å². The number of aryl methyl sites for hydroxylation is 3. The van der Waals surface area contributed by atoms with Crippen LogP contribution in [0.15, 0.2) is 46.9 Å². The van der Waals surface area contributed by atoms with Crippen LogP contribution in [0.25, 0.3) is 0 Å². The summed E-state index contributed by atoms with van der Waals surface area (Å²) in [6.45, 7) is 5.19. The molecular weight excluding hydrogens is 392 g/mol. The fourth-order valence-corrected chi connectivity index (χ4v) is 2.98. The SMILES string of the molecule is Cc1ccc(CCCNC(=O)CCNC(=O)c2ccc(Br)cc2)c(C)c1. The molecule has 5 heteroatoms. The molecule has 0 unspecified atom stereocenters. The lowest BCUT2D eigenvalue weighted by molar-refractivity contribution is -0.120. The van der Waals surface area contributed by atoms with E-state index in [4.69, 9.17) is 0 Å². The Hall–Kier alpha value is -2.14. The highest BCUT2D eigenvalue weighted by Crippen LogP contribution is 2.12. The number of halogens is 1. The Labute approximate surface area is 163 Å². The first kappa shape index (κ1) is 20.2. The molecule has 0 bridgehead atoms. The van der Waals surface area contributed by atoms with Crippen molar-refractivity contribution in [3.8, 4) is 0 Å². The van der Waals surface area contributed by atoms with E-state index in [1.54, 1.807) is 12.1 Å². The molecule has 2 amide bonds. The molecule has 0 saturated carbocycles. The molecular formula is C21H25BrN2O2. The zero-order chi connectivity index (χ0) is 18.9. The highest BCUT2D eigenvalue weighted by atomic mass is 79.9. The minimum Gasteiger partial charge on any atom is -0.356 e. The lowest BCUT2D eigenvalue weighted by atomic mass is 10.0. The van der Waals surface area contributed by atoms with Gasteiger partial charge in [0.1, 0.15) is 0 Å². The van der Waals surface area contributed by atoms with E-state index in [1.165, 1.54) is 16.7 Å². The van der Waals surface area contributed by atoms with Gasteiger partial charge in [-0.05, 0) is 62.1 Å². The third-order valence-electron chi connectivity index (χ3n) is 4.19. The van der Waals surface area contributed by atoms with Crippen molar-refractivity contribution in [1.82, 2.24) is 10.6 Å². The number of benzene rings is 2. The number of carbonyl (C=O) groups excluding carboxylic acids is 2. The summed E-state index contributed by atoms with van der Waals surface area (Å²) in [6, 6.07) is 13.6. The highest BCUT2D eigenvalue weighted by molar-refractivity contribution is 9.10. The third-order valence-corrected chi connectivity index (χ3v) is 4.72. The first-order valence-electron chi connectivity index (χ1n) is 8.82. The molecule has 0 aliphatic rings. The van der Waals surface area contributed by atoms with Crippen molar-refractivity contribution in [3.63, 3.8) is 0 Å². The van der Waals surface area contributed by atoms with Crippen molar-refractivity contribution in [2.75, 3.05) is 13.1 Å². The van der Waals surface area contributed by atoms with Crippen molar-refractivity contribution in [1.29, 1.82) is 0 Å². The molecule has 0 spiro atoms. The summed E-state index contributed by atoms with van der Waals surface area (Å²) in [5.41, 5.74) is 4.48. The Bertz CT molecular complexity index is 757. The number of nitrogens with one attached hydrogen (secondary N) is 2. The zero-order valence-corrected chi connectivity index (χ0v) is 16.9. The summed E-state index contributed by atoms with van der Waals surface area (Å²) in [5.74, 6) is -0.207. The summed E-state index contributed by atoms with van der Waals surface area (Å²) in [5, 5.41) is 5.67. The minimum absolute atomic E-state index is 0.0401. The van der Waals surface area contributed by atoms with Crippen LogP contribution in [0.5, 0.6) is 0 Å². The molecule has 2 aromatic rings. The van der Waals surface area contributed by atoms with Crippen molar-refractivity contribution < 1.29 is 9.59 Å². The molecule has 0 aromatic heterocycles. The summed E-state index contributed by atoms with van der Waals surface area (Å²) >= 11 is 3.33. The molecule has 0 aliphatic heterocycles. The van der Waals surface area contributed by atoms with Gasteiger partial charge >= 0.3 is 0 Å². The number of amides is 2. The maximum absolute atomic E-state index is 12.0. The van der Waals surface area contributed by atoms with E-state index in [2.05, 4.69) is 58.6 Å². The zero-order valence-electron chi connectivity index (χ0n) is 15.3. The highest BCUT2D eigenvalue weighted by Gasteiger charge is 2.06. The summed E-state index contributed by atoms with van der Waals surface area (Å²) < 4.78 is 0.925. The first-order valence-corrected chi connectivity index (χ1v) is 9.61. The second-order valence-corrected chi connectivity index (χ2v) is 7.31. The van der Waals surface area contributed by atoms with Crippen LogP contribution >= 0.6 is 15.9 Å². The van der Waals surface area contributed by atoms with Gasteiger partial charge in [-0.15, -0.1) is 0 Å². The van der Waals surface area contributed by atoms with Crippen molar-refractivity contribution in [3.05, 3.63) is 69.2 Å². The van der Waals surface area contributed by atoms with E-state index in [-0.39, 0.29) is 18.2 Å². The molecule has 2 N–H and O–H groups in total. The standard InChI is InChI=1S/C21H25BrN2O2/c1-15-5-6-17(16(2)14-15)4-3-12-23-20(25)11-13-24-21(26)18-7-9-19(22)10-8-18/h5-10,14H,3-4,11-13H2,1-2H3,(H,23,25)(H,24,26). The predicted molar refractivity (Wildman–Crippen MR) is 108 cm³/mol. The van der Waals surface area contributed by atoms with Gasteiger partial charge in [-0.1, -0.05) is 39.7 Å². The van der Waals surface area contributed by atoms with E-state index >= 15 is 0 Å². The van der Waals surface area contributed by atoms with Crippen molar-refractivity contribution >= 4 is 27.7 Å². The van der Waals surface area contributed by atoms with Crippen LogP contribution in [0, 0.1) is 13.8 Å². The van der Waals surface area contributed by atoms with Gasteiger partial charge in [0.2, 0.25) is 5.91 Å². The molecule has 0 radical (unpaired) electrons. The molecule has 4 nitrogen and oxygen atoms in total. The maximum Gasteiger partial charge on any atom is 0.251 e. The van der Waals surface area contributed by atoms with Crippen molar-refractivity contribution in [2.45, 2.75) is 33.1 Å². The van der Waals surface area contributed by atoms with Gasteiger partial charge in [-0.2, -0.15) is 0 Å². The van der Waals surface area contributed by atoms with Crippen LogP contribution in [-0.2, 0) is 11.2 Å². The third kappa shape index (κ3) is 6.64. The molecule has 0 aliphatic carbocycles. The maximum atomic E-state index is 12.0. The fourth-order valence-electron chi connectivity index (χ4n) is 2.71. The lowest BCUT2D eigenvalue weighted by Crippen LogP contribution is -2.31. The quantitative estimate of drug-likeness (QED) is 0.640. The molecule has 2 aromatic carbocycles. The van der Waals surface area contributed by atoms with E-state index in [9.17, 15) is 9.59 Å². The Morgan fingerprint density at radius 2 is 1.69 bits per heavy atom. The smallest absolute Gasteiger partial charge is 0.251 e. The molecule has 0 saturated heterocycles. The van der Waals surface area contributed by atoms with E-state index in [0.29, 0.717) is 18.7 Å². The van der Waals surface area contributed by atoms with Gasteiger partial charge in [0.15, 0.2) is 0 Å². The largest absolute Gasteiger partial charge is 0.356 e. The number of rotatable bonds is 8. The topological polar surface area (TPSA) is 58.2 Å². The van der Waals surface area contributed by atoms with Gasteiger partial charge < -0.3 is 10.6 Å². The number of hydrogen-bond acceptors (Lipinski definition) is 2. The summed E-state index contributed by atoms with van der Waals surface area (Å²) in [7, 11) is 0. The lowest BCUT2D eigenvalue weighted by Gasteiger charge is -2.09. The number of hydrogen-bond donors (Lipinski definition) is 2. The van der Waals surface area contributed by atoms with Crippen molar-refractivity contribution in [2.24, 2.45) is 0 Å². The van der Waals surface area contributed by atoms with Crippen LogP contribution in [0.4, 0.5) is 0 Å². The van der Waals surface area contributed by atoms with Crippen LogP contribution in [0.3, 0.4) is 0 Å². The second-order valence-electron chi connectivity index (χ2n) is 6.40. The summed E-state index contributed by atoms with van der Waals surface area (Å²) in [4.78, 5) is 23.8. The average Bonchev–Trinajstić information content (AvgIpc) is 2.60. The minimum atomic E-state index is -0.167. The van der Waals surface area contributed by atoms with Gasteiger partial charge in [-0.25, -0.2) is 0 Å². The van der Waals surface area contributed by atoms with E-state index < -0.39 is 0 Å². The first-order chi connectivity index (χ1) is 12.5. The normalized spacial score (nSPS) is 10.4. The monoisotopic (exact) mass is 416 g/mol. The number of carbonyl (C=O) groups is 2. The van der Waals surface area contributed by atoms with Crippen LogP contribution in [-0.4, -0.2) is 24.9 Å². The van der Waals surface area contributed by atoms with E-state index in [1.807, 2.05) is 12.1 Å². The average molecular weight is 417 g/mol. The molecule has 2 rings (SSSR count). The second kappa shape index (κ2) is 10.1. The van der Waals surface area contributed by atoms with Gasteiger partial charge in [0, 0.05) is 29.5 Å². The molecule has 26 heavy (non-hydrogen) atoms. The van der Waals surface area contributed by atoms with E-state index in [0.717, 1.165) is 17.3 Å². The molecule has 0 fully saturated rings. The Balaban J connectivity index is 1.61. The van der Waals surface area contributed by atoms with Gasteiger partial charge in [0.05, 0.1) is 0 Å². The Kier molecular flexibility index (Phi) is 7.85. The fraction of sp³-hybridized carbons (Fsp3) is 0.333. The molecule has 138 valence electrons.